The Morgan fingerprint density at radius 3 is 2.38 bits per heavy atom. The fourth-order valence-corrected chi connectivity index (χ4v) is 1.90. The summed E-state index contributed by atoms with van der Waals surface area (Å²) >= 11 is 5.99. The summed E-state index contributed by atoms with van der Waals surface area (Å²) < 4.78 is 10.3. The lowest BCUT2D eigenvalue weighted by atomic mass is 10.0. The van der Waals surface area contributed by atoms with Gasteiger partial charge in [-0.05, 0) is 13.0 Å². The number of methoxy groups -OCH3 is 2. The molecule has 0 fully saturated rings. The molecule has 16 heavy (non-hydrogen) atoms. The molecule has 0 aliphatic rings. The van der Waals surface area contributed by atoms with E-state index in [-0.39, 0.29) is 12.3 Å². The summed E-state index contributed by atoms with van der Waals surface area (Å²) in [6.45, 7) is 1.69. The summed E-state index contributed by atoms with van der Waals surface area (Å²) in [6, 6.07) is 1.52. The number of hydrogen-bond acceptors (Lipinski definition) is 4. The number of nitrogens with two attached hydrogens (primary N) is 1. The molecule has 0 saturated heterocycles. The number of hydrogen-bond donors (Lipinski definition) is 1. The van der Waals surface area contributed by atoms with Crippen molar-refractivity contribution in [3.05, 3.63) is 22.2 Å². The third kappa shape index (κ3) is 2.13. The van der Waals surface area contributed by atoms with E-state index in [2.05, 4.69) is 0 Å². The molecule has 0 spiro atoms. The molecule has 0 aliphatic carbocycles. The summed E-state index contributed by atoms with van der Waals surface area (Å²) in [7, 11) is 3.00. The molecule has 0 saturated carbocycles. The smallest absolute Gasteiger partial charge is 0.180 e. The molecule has 0 aromatic heterocycles. The maximum absolute atomic E-state index is 11.6. The number of ketones is 1. The number of rotatable bonds is 4. The van der Waals surface area contributed by atoms with Gasteiger partial charge in [0, 0.05) is 5.56 Å². The number of Topliss-reactive ketones (excluding diaryl/α,β-unsaturated/α-hetero) is 1. The molecular formula is C11H14ClNO3. The molecule has 0 atom stereocenters. The van der Waals surface area contributed by atoms with Gasteiger partial charge in [0.05, 0.1) is 31.4 Å². The second-order valence-electron chi connectivity index (χ2n) is 3.22. The monoisotopic (exact) mass is 243 g/mol. The van der Waals surface area contributed by atoms with Crippen LogP contribution in [0.5, 0.6) is 11.5 Å². The van der Waals surface area contributed by atoms with Crippen LogP contribution in [0, 0.1) is 6.92 Å². The highest BCUT2D eigenvalue weighted by Gasteiger charge is 2.19. The summed E-state index contributed by atoms with van der Waals surface area (Å²) in [5, 5.41) is 0.373. The van der Waals surface area contributed by atoms with Gasteiger partial charge in [-0.25, -0.2) is 0 Å². The van der Waals surface area contributed by atoms with Crippen LogP contribution >= 0.6 is 11.6 Å². The Morgan fingerprint density at radius 1 is 1.38 bits per heavy atom. The molecule has 1 aromatic carbocycles. The first-order valence-corrected chi connectivity index (χ1v) is 5.08. The van der Waals surface area contributed by atoms with Crippen molar-refractivity contribution in [1.82, 2.24) is 0 Å². The Hall–Kier alpha value is -1.26. The Labute approximate surface area is 99.3 Å². The molecular weight excluding hydrogens is 230 g/mol. The molecule has 4 nitrogen and oxygen atoms in total. The lowest BCUT2D eigenvalue weighted by Crippen LogP contribution is -2.15. The Bertz CT molecular complexity index is 418. The third-order valence-electron chi connectivity index (χ3n) is 2.31. The summed E-state index contributed by atoms with van der Waals surface area (Å²) in [4.78, 5) is 11.6. The van der Waals surface area contributed by atoms with E-state index in [9.17, 15) is 4.79 Å². The van der Waals surface area contributed by atoms with E-state index >= 15 is 0 Å². The normalized spacial score (nSPS) is 10.1. The third-order valence-corrected chi connectivity index (χ3v) is 2.59. The van der Waals surface area contributed by atoms with Gasteiger partial charge in [-0.15, -0.1) is 0 Å². The van der Waals surface area contributed by atoms with Crippen LogP contribution in [0.3, 0.4) is 0 Å². The topological polar surface area (TPSA) is 61.5 Å². The van der Waals surface area contributed by atoms with E-state index in [1.54, 1.807) is 6.92 Å². The Morgan fingerprint density at radius 2 is 1.94 bits per heavy atom. The minimum Gasteiger partial charge on any atom is -0.496 e. The molecule has 0 unspecified atom stereocenters. The molecule has 0 bridgehead atoms. The van der Waals surface area contributed by atoms with Crippen molar-refractivity contribution in [2.45, 2.75) is 6.92 Å². The van der Waals surface area contributed by atoms with Gasteiger partial charge in [0.2, 0.25) is 0 Å². The van der Waals surface area contributed by atoms with Gasteiger partial charge in [-0.3, -0.25) is 4.79 Å². The second-order valence-corrected chi connectivity index (χ2v) is 3.63. The summed E-state index contributed by atoms with van der Waals surface area (Å²) in [5.41, 5.74) is 6.39. The van der Waals surface area contributed by atoms with E-state index in [0.717, 1.165) is 0 Å². The van der Waals surface area contributed by atoms with E-state index in [1.807, 2.05) is 0 Å². The second kappa shape index (κ2) is 5.18. The standard InChI is InChI=1S/C11H14ClNO3/c1-6-10(15-2)7(9(14)5-13)4-8(12)11(6)16-3/h4H,5,13H2,1-3H3. The van der Waals surface area contributed by atoms with Crippen molar-refractivity contribution < 1.29 is 14.3 Å². The zero-order chi connectivity index (χ0) is 12.3. The maximum atomic E-state index is 11.6. The number of halogens is 1. The molecule has 0 aliphatic heterocycles. The molecule has 1 aromatic rings. The van der Waals surface area contributed by atoms with Crippen molar-refractivity contribution in [3.63, 3.8) is 0 Å². The number of carbonyl (C=O) groups excluding carboxylic acids is 1. The molecule has 2 N–H and O–H groups in total. The highest BCUT2D eigenvalue weighted by Crippen LogP contribution is 2.37. The van der Waals surface area contributed by atoms with Gasteiger partial charge in [0.15, 0.2) is 5.78 Å². The van der Waals surface area contributed by atoms with E-state index in [1.165, 1.54) is 20.3 Å². The van der Waals surface area contributed by atoms with Gasteiger partial charge in [0.25, 0.3) is 0 Å². The number of ether oxygens (including phenoxy) is 2. The first-order valence-electron chi connectivity index (χ1n) is 4.71. The predicted molar refractivity (Wildman–Crippen MR) is 62.7 cm³/mol. The molecule has 5 heteroatoms. The average molecular weight is 244 g/mol. The van der Waals surface area contributed by atoms with Crippen LogP contribution in [-0.4, -0.2) is 26.5 Å². The van der Waals surface area contributed by atoms with Crippen molar-refractivity contribution in [1.29, 1.82) is 0 Å². The average Bonchev–Trinajstić information content (AvgIpc) is 2.28. The van der Waals surface area contributed by atoms with Crippen molar-refractivity contribution in [2.24, 2.45) is 5.73 Å². The van der Waals surface area contributed by atoms with E-state index < -0.39 is 0 Å². The minimum absolute atomic E-state index is 0.0849. The first-order chi connectivity index (χ1) is 7.56. The van der Waals surface area contributed by atoms with Crippen LogP contribution in [0.25, 0.3) is 0 Å². The predicted octanol–water partition coefficient (Wildman–Crippen LogP) is 1.81. The van der Waals surface area contributed by atoms with Crippen LogP contribution in [-0.2, 0) is 0 Å². The summed E-state index contributed by atoms with van der Waals surface area (Å²) in [6.07, 6.45) is 0. The number of carbonyl (C=O) groups is 1. The highest BCUT2D eigenvalue weighted by molar-refractivity contribution is 6.32. The van der Waals surface area contributed by atoms with E-state index in [4.69, 9.17) is 26.8 Å². The molecule has 1 rings (SSSR count). The number of benzene rings is 1. The zero-order valence-electron chi connectivity index (χ0n) is 9.46. The zero-order valence-corrected chi connectivity index (χ0v) is 10.2. The Balaban J connectivity index is 3.46. The maximum Gasteiger partial charge on any atom is 0.180 e. The fourth-order valence-electron chi connectivity index (χ4n) is 1.57. The highest BCUT2D eigenvalue weighted by atomic mass is 35.5. The minimum atomic E-state index is -0.218. The van der Waals surface area contributed by atoms with Gasteiger partial charge in [-0.2, -0.15) is 0 Å². The SMILES string of the molecule is COc1c(Cl)cc(C(=O)CN)c(OC)c1C. The van der Waals surface area contributed by atoms with Crippen LogP contribution in [0.4, 0.5) is 0 Å². The van der Waals surface area contributed by atoms with Gasteiger partial charge in [-0.1, -0.05) is 11.6 Å². The first kappa shape index (κ1) is 12.8. The van der Waals surface area contributed by atoms with Crippen LogP contribution in [0.2, 0.25) is 5.02 Å². The van der Waals surface area contributed by atoms with Crippen molar-refractivity contribution in [2.75, 3.05) is 20.8 Å². The van der Waals surface area contributed by atoms with Crippen molar-refractivity contribution >= 4 is 17.4 Å². The van der Waals surface area contributed by atoms with Crippen molar-refractivity contribution in [3.8, 4) is 11.5 Å². The Kier molecular flexibility index (Phi) is 4.15. The molecule has 0 radical (unpaired) electrons. The van der Waals surface area contributed by atoms with Gasteiger partial charge in [0.1, 0.15) is 11.5 Å². The molecule has 0 heterocycles. The van der Waals surface area contributed by atoms with Crippen LogP contribution in [0.15, 0.2) is 6.07 Å². The quantitative estimate of drug-likeness (QED) is 0.820. The van der Waals surface area contributed by atoms with Gasteiger partial charge >= 0.3 is 0 Å². The van der Waals surface area contributed by atoms with Gasteiger partial charge < -0.3 is 15.2 Å². The van der Waals surface area contributed by atoms with E-state index in [0.29, 0.717) is 27.6 Å². The lowest BCUT2D eigenvalue weighted by molar-refractivity contribution is 0.0998. The summed E-state index contributed by atoms with van der Waals surface area (Å²) in [5.74, 6) is 0.744. The lowest BCUT2D eigenvalue weighted by Gasteiger charge is -2.14. The van der Waals surface area contributed by atoms with Crippen LogP contribution in [0.1, 0.15) is 15.9 Å². The van der Waals surface area contributed by atoms with Crippen LogP contribution < -0.4 is 15.2 Å². The fraction of sp³-hybridized carbons (Fsp3) is 0.364. The molecule has 0 amide bonds. The largest absolute Gasteiger partial charge is 0.496 e. The molecule has 88 valence electrons.